The molecule has 7 heteroatoms. The summed E-state index contributed by atoms with van der Waals surface area (Å²) >= 11 is 0. The van der Waals surface area contributed by atoms with Crippen molar-refractivity contribution in [3.63, 3.8) is 0 Å². The van der Waals surface area contributed by atoms with Gasteiger partial charge in [0.2, 0.25) is 0 Å². The maximum atomic E-state index is 12.4. The number of amides is 1. The summed E-state index contributed by atoms with van der Waals surface area (Å²) in [6.07, 6.45) is 1.56. The maximum Gasteiger partial charge on any atom is 0.266 e. The van der Waals surface area contributed by atoms with Gasteiger partial charge in [-0.1, -0.05) is 0 Å². The molecule has 23 heavy (non-hydrogen) atoms. The van der Waals surface area contributed by atoms with E-state index in [1.54, 1.807) is 11.1 Å². The molecule has 0 radical (unpaired) electrons. The molecule has 2 heterocycles. The molecule has 128 valence electrons. The summed E-state index contributed by atoms with van der Waals surface area (Å²) in [6.45, 7) is 10.7. The lowest BCUT2D eigenvalue weighted by atomic mass is 10.2. The molecule has 2 rings (SSSR count). The normalized spacial score (nSPS) is 26.7. The SMILES string of the molecule is CC1CN(C(=O)/C(C#N)=C\NCCN2CCNCC2)CC(C)O1. The van der Waals surface area contributed by atoms with Crippen LogP contribution in [0.4, 0.5) is 0 Å². The van der Waals surface area contributed by atoms with Crippen molar-refractivity contribution in [2.24, 2.45) is 0 Å². The number of hydrogen-bond acceptors (Lipinski definition) is 6. The van der Waals surface area contributed by atoms with Crippen molar-refractivity contribution < 1.29 is 9.53 Å². The molecule has 2 N–H and O–H groups in total. The van der Waals surface area contributed by atoms with Gasteiger partial charge in [-0.05, 0) is 13.8 Å². The van der Waals surface area contributed by atoms with Crippen LogP contribution in [0.5, 0.6) is 0 Å². The van der Waals surface area contributed by atoms with Crippen LogP contribution < -0.4 is 10.6 Å². The smallest absolute Gasteiger partial charge is 0.266 e. The average molecular weight is 321 g/mol. The van der Waals surface area contributed by atoms with Crippen molar-refractivity contribution >= 4 is 5.91 Å². The average Bonchev–Trinajstić information content (AvgIpc) is 2.54. The minimum Gasteiger partial charge on any atom is -0.388 e. The van der Waals surface area contributed by atoms with Gasteiger partial charge < -0.3 is 20.3 Å². The Morgan fingerprint density at radius 1 is 1.35 bits per heavy atom. The van der Waals surface area contributed by atoms with E-state index in [1.165, 1.54) is 0 Å². The molecule has 2 aliphatic rings. The van der Waals surface area contributed by atoms with Crippen LogP contribution in [0.3, 0.4) is 0 Å². The van der Waals surface area contributed by atoms with Crippen LogP contribution in [0.25, 0.3) is 0 Å². The first-order valence-corrected chi connectivity index (χ1v) is 8.31. The van der Waals surface area contributed by atoms with E-state index in [4.69, 9.17) is 4.74 Å². The van der Waals surface area contributed by atoms with Crippen LogP contribution in [-0.4, -0.2) is 80.3 Å². The van der Waals surface area contributed by atoms with Gasteiger partial charge in [-0.25, -0.2) is 0 Å². The predicted molar refractivity (Wildman–Crippen MR) is 87.6 cm³/mol. The van der Waals surface area contributed by atoms with Crippen LogP contribution in [0, 0.1) is 11.3 Å². The molecule has 0 aromatic carbocycles. The van der Waals surface area contributed by atoms with Crippen molar-refractivity contribution in [2.75, 3.05) is 52.4 Å². The summed E-state index contributed by atoms with van der Waals surface area (Å²) in [6, 6.07) is 2.01. The molecule has 0 saturated carbocycles. The lowest BCUT2D eigenvalue weighted by molar-refractivity contribution is -0.138. The van der Waals surface area contributed by atoms with Gasteiger partial charge in [0.25, 0.3) is 5.91 Å². The van der Waals surface area contributed by atoms with Gasteiger partial charge in [0.05, 0.1) is 12.2 Å². The maximum absolute atomic E-state index is 12.4. The van der Waals surface area contributed by atoms with Gasteiger partial charge in [0.15, 0.2) is 0 Å². The Morgan fingerprint density at radius 3 is 2.61 bits per heavy atom. The number of piperazine rings is 1. The van der Waals surface area contributed by atoms with Crippen LogP contribution in [0.2, 0.25) is 0 Å². The molecule has 0 aliphatic carbocycles. The van der Waals surface area contributed by atoms with Crippen LogP contribution >= 0.6 is 0 Å². The third kappa shape index (κ3) is 5.50. The molecule has 2 unspecified atom stereocenters. The molecule has 1 amide bonds. The highest BCUT2D eigenvalue weighted by Gasteiger charge is 2.27. The Kier molecular flexibility index (Phi) is 6.84. The predicted octanol–water partition coefficient (Wildman–Crippen LogP) is -0.476. The summed E-state index contributed by atoms with van der Waals surface area (Å²) in [7, 11) is 0. The topological polar surface area (TPSA) is 80.6 Å². The lowest BCUT2D eigenvalue weighted by Gasteiger charge is -2.35. The van der Waals surface area contributed by atoms with Gasteiger partial charge in [0.1, 0.15) is 11.6 Å². The Labute approximate surface area is 138 Å². The van der Waals surface area contributed by atoms with Gasteiger partial charge in [0, 0.05) is 58.6 Å². The third-order valence-corrected chi connectivity index (χ3v) is 4.09. The molecule has 0 spiro atoms. The summed E-state index contributed by atoms with van der Waals surface area (Å²) in [4.78, 5) is 16.5. The Morgan fingerprint density at radius 2 is 2.00 bits per heavy atom. The molecule has 2 fully saturated rings. The monoisotopic (exact) mass is 321 g/mol. The zero-order valence-electron chi connectivity index (χ0n) is 14.0. The van der Waals surface area contributed by atoms with Gasteiger partial charge in [-0.3, -0.25) is 9.69 Å². The number of hydrogen-bond donors (Lipinski definition) is 2. The Balaban J connectivity index is 1.80. The fourth-order valence-corrected chi connectivity index (χ4v) is 2.99. The first-order valence-electron chi connectivity index (χ1n) is 8.31. The first-order chi connectivity index (χ1) is 11.1. The van der Waals surface area contributed by atoms with E-state index in [1.807, 2.05) is 19.9 Å². The number of carbonyl (C=O) groups is 1. The number of nitriles is 1. The Bertz CT molecular complexity index is 458. The molecule has 0 aromatic heterocycles. The summed E-state index contributed by atoms with van der Waals surface area (Å²) < 4.78 is 5.62. The van der Waals surface area contributed by atoms with Crippen LogP contribution in [0.1, 0.15) is 13.8 Å². The van der Waals surface area contributed by atoms with E-state index in [0.29, 0.717) is 13.1 Å². The van der Waals surface area contributed by atoms with Crippen molar-refractivity contribution in [1.29, 1.82) is 5.26 Å². The first kappa shape index (κ1) is 17.7. The highest BCUT2D eigenvalue weighted by molar-refractivity contribution is 5.97. The standard InChI is InChI=1S/C16H27N5O2/c1-13-11-21(12-14(2)23-13)16(22)15(9-17)10-19-5-8-20-6-3-18-4-7-20/h10,13-14,18-19H,3-8,11-12H2,1-2H3/b15-10-. The van der Waals surface area contributed by atoms with Crippen molar-refractivity contribution in [2.45, 2.75) is 26.1 Å². The van der Waals surface area contributed by atoms with Gasteiger partial charge >= 0.3 is 0 Å². The second kappa shape index (κ2) is 8.87. The fraction of sp³-hybridized carbons (Fsp3) is 0.750. The second-order valence-corrected chi connectivity index (χ2v) is 6.18. The second-order valence-electron chi connectivity index (χ2n) is 6.18. The zero-order chi connectivity index (χ0) is 16.7. The van der Waals surface area contributed by atoms with Gasteiger partial charge in [-0.2, -0.15) is 5.26 Å². The highest BCUT2D eigenvalue weighted by atomic mass is 16.5. The Hall–Kier alpha value is -1.62. The third-order valence-electron chi connectivity index (χ3n) is 4.09. The van der Waals surface area contributed by atoms with Crippen LogP contribution in [-0.2, 0) is 9.53 Å². The molecule has 7 nitrogen and oxygen atoms in total. The minimum absolute atomic E-state index is 0.00307. The molecular formula is C16H27N5O2. The van der Waals surface area contributed by atoms with Crippen molar-refractivity contribution in [3.05, 3.63) is 11.8 Å². The van der Waals surface area contributed by atoms with E-state index in [2.05, 4.69) is 15.5 Å². The molecule has 2 aliphatic heterocycles. The van der Waals surface area contributed by atoms with Crippen LogP contribution in [0.15, 0.2) is 11.8 Å². The summed E-state index contributed by atoms with van der Waals surface area (Å²) in [5.74, 6) is -0.218. The molecular weight excluding hydrogens is 294 g/mol. The number of morpholine rings is 1. The van der Waals surface area contributed by atoms with Crippen molar-refractivity contribution in [3.8, 4) is 6.07 Å². The van der Waals surface area contributed by atoms with E-state index in [0.717, 1.165) is 39.3 Å². The lowest BCUT2D eigenvalue weighted by Crippen LogP contribution is -2.48. The minimum atomic E-state index is -0.218. The molecule has 2 atom stereocenters. The quantitative estimate of drug-likeness (QED) is 0.405. The number of ether oxygens (including phenoxy) is 1. The molecule has 2 saturated heterocycles. The fourth-order valence-electron chi connectivity index (χ4n) is 2.99. The van der Waals surface area contributed by atoms with E-state index in [-0.39, 0.29) is 23.7 Å². The van der Waals surface area contributed by atoms with E-state index in [9.17, 15) is 10.1 Å². The van der Waals surface area contributed by atoms with E-state index >= 15 is 0 Å². The van der Waals surface area contributed by atoms with E-state index < -0.39 is 0 Å². The highest BCUT2D eigenvalue weighted by Crippen LogP contribution is 2.13. The number of rotatable bonds is 5. The summed E-state index contributed by atoms with van der Waals surface area (Å²) in [5, 5.41) is 15.7. The molecule has 0 aromatic rings. The number of nitrogens with one attached hydrogen (secondary N) is 2. The van der Waals surface area contributed by atoms with Crippen molar-refractivity contribution in [1.82, 2.24) is 20.4 Å². The molecule has 0 bridgehead atoms. The van der Waals surface area contributed by atoms with Gasteiger partial charge in [-0.15, -0.1) is 0 Å². The summed E-state index contributed by atoms with van der Waals surface area (Å²) in [5.41, 5.74) is 0.159. The largest absolute Gasteiger partial charge is 0.388 e. The zero-order valence-corrected chi connectivity index (χ0v) is 14.0. The number of carbonyl (C=O) groups excluding carboxylic acids is 1. The number of nitrogens with zero attached hydrogens (tertiary/aromatic N) is 3.